The summed E-state index contributed by atoms with van der Waals surface area (Å²) in [7, 11) is 0. The van der Waals surface area contributed by atoms with Crippen LogP contribution in [0.2, 0.25) is 0 Å². The first-order valence-corrected chi connectivity index (χ1v) is 18.0. The lowest BCUT2D eigenvalue weighted by molar-refractivity contribution is 0.0265. The summed E-state index contributed by atoms with van der Waals surface area (Å²) in [5, 5.41) is 2.32. The summed E-state index contributed by atoms with van der Waals surface area (Å²) in [5.74, 6) is 0.793. The van der Waals surface area contributed by atoms with Gasteiger partial charge in [-0.05, 0) is 109 Å². The number of aromatic amines is 1. The molecule has 4 aromatic carbocycles. The smallest absolute Gasteiger partial charge is 0.410 e. The lowest BCUT2D eigenvalue weighted by Gasteiger charge is -2.28. The maximum atomic E-state index is 13.0. The monoisotopic (exact) mass is 681 g/mol. The van der Waals surface area contributed by atoms with E-state index in [9.17, 15) is 9.59 Å². The van der Waals surface area contributed by atoms with E-state index in [1.807, 2.05) is 68.3 Å². The number of allylic oxidation sites excluding steroid dienone is 1. The Labute approximate surface area is 298 Å². The van der Waals surface area contributed by atoms with Crippen LogP contribution in [0.15, 0.2) is 96.1 Å². The second kappa shape index (κ2) is 13.4. The molecule has 2 amide bonds. The average Bonchev–Trinajstić information content (AvgIpc) is 3.95. The molecular weight excluding hydrogens is 638 g/mol. The van der Waals surface area contributed by atoms with Gasteiger partial charge in [0, 0.05) is 31.4 Å². The molecule has 0 saturated carbocycles. The van der Waals surface area contributed by atoms with Crippen molar-refractivity contribution in [2.24, 2.45) is 4.99 Å². The SMILES string of the molecule is CC(C)(C)OC(=O)N1CCC[C@H]1C1=NC=C(c2ccc3cc(-c4ccc5nc([C@@H]6CCCN6C(=O)OCc6ccccc6)[nH]c5c4)ccc3c2)C1. The van der Waals surface area contributed by atoms with Gasteiger partial charge in [-0.15, -0.1) is 0 Å². The highest BCUT2D eigenvalue weighted by molar-refractivity contribution is 6.03. The Morgan fingerprint density at radius 3 is 2.24 bits per heavy atom. The highest BCUT2D eigenvalue weighted by atomic mass is 16.6. The van der Waals surface area contributed by atoms with Crippen LogP contribution in [-0.4, -0.2) is 62.4 Å². The number of ether oxygens (including phenoxy) is 2. The van der Waals surface area contributed by atoms with E-state index >= 15 is 0 Å². The predicted octanol–water partition coefficient (Wildman–Crippen LogP) is 9.44. The Balaban J connectivity index is 0.946. The van der Waals surface area contributed by atoms with Crippen molar-refractivity contribution >= 4 is 45.3 Å². The molecule has 0 radical (unpaired) electrons. The van der Waals surface area contributed by atoms with E-state index in [-0.39, 0.29) is 30.9 Å². The molecule has 3 aliphatic rings. The van der Waals surface area contributed by atoms with Gasteiger partial charge in [-0.1, -0.05) is 60.7 Å². The van der Waals surface area contributed by atoms with Crippen molar-refractivity contribution in [3.8, 4) is 11.1 Å². The predicted molar refractivity (Wildman–Crippen MR) is 200 cm³/mol. The van der Waals surface area contributed by atoms with Crippen LogP contribution in [0, 0.1) is 0 Å². The Kier molecular flexibility index (Phi) is 8.58. The topological polar surface area (TPSA) is 100 Å². The Morgan fingerprint density at radius 1 is 0.804 bits per heavy atom. The lowest BCUT2D eigenvalue weighted by Crippen LogP contribution is -2.43. The molecule has 51 heavy (non-hydrogen) atoms. The molecule has 3 aliphatic heterocycles. The van der Waals surface area contributed by atoms with Gasteiger partial charge in [0.1, 0.15) is 18.0 Å². The molecule has 1 aromatic heterocycles. The van der Waals surface area contributed by atoms with Crippen molar-refractivity contribution in [3.05, 3.63) is 108 Å². The van der Waals surface area contributed by atoms with Crippen molar-refractivity contribution < 1.29 is 19.1 Å². The molecule has 2 fully saturated rings. The number of rotatable bonds is 6. The second-order valence-corrected chi connectivity index (χ2v) is 14.8. The number of H-pyrrole nitrogens is 1. The van der Waals surface area contributed by atoms with Gasteiger partial charge in [0.05, 0.1) is 23.1 Å². The van der Waals surface area contributed by atoms with Gasteiger partial charge in [-0.25, -0.2) is 14.6 Å². The first-order valence-electron chi connectivity index (χ1n) is 18.0. The zero-order chi connectivity index (χ0) is 35.1. The summed E-state index contributed by atoms with van der Waals surface area (Å²) < 4.78 is 11.3. The van der Waals surface area contributed by atoms with Crippen molar-refractivity contribution in [3.63, 3.8) is 0 Å². The maximum absolute atomic E-state index is 13.0. The number of hydrogen-bond acceptors (Lipinski definition) is 6. The third kappa shape index (κ3) is 6.85. The number of fused-ring (bicyclic) bond motifs is 2. The molecule has 0 spiro atoms. The molecule has 5 aromatic rings. The van der Waals surface area contributed by atoms with Gasteiger partial charge >= 0.3 is 12.2 Å². The highest BCUT2D eigenvalue weighted by Gasteiger charge is 2.36. The minimum Gasteiger partial charge on any atom is -0.445 e. The van der Waals surface area contributed by atoms with Gasteiger partial charge in [0.15, 0.2) is 0 Å². The molecule has 0 aliphatic carbocycles. The zero-order valence-electron chi connectivity index (χ0n) is 29.4. The second-order valence-electron chi connectivity index (χ2n) is 14.8. The quantitative estimate of drug-likeness (QED) is 0.193. The molecule has 4 heterocycles. The molecular formula is C42H43N5O4. The number of likely N-dealkylation sites (tertiary alicyclic amines) is 2. The van der Waals surface area contributed by atoms with Crippen LogP contribution in [0.5, 0.6) is 0 Å². The van der Waals surface area contributed by atoms with E-state index in [1.54, 1.807) is 4.90 Å². The fourth-order valence-corrected chi connectivity index (χ4v) is 7.54. The summed E-state index contributed by atoms with van der Waals surface area (Å²) in [6, 6.07) is 29.0. The van der Waals surface area contributed by atoms with E-state index < -0.39 is 5.60 Å². The molecule has 2 atom stereocenters. The molecule has 0 bridgehead atoms. The zero-order valence-corrected chi connectivity index (χ0v) is 29.4. The number of carbonyl (C=O) groups excluding carboxylic acids is 2. The van der Waals surface area contributed by atoms with E-state index in [1.165, 1.54) is 0 Å². The highest BCUT2D eigenvalue weighted by Crippen LogP contribution is 2.35. The third-order valence-electron chi connectivity index (χ3n) is 10.1. The van der Waals surface area contributed by atoms with Crippen LogP contribution in [0.25, 0.3) is 38.5 Å². The minimum atomic E-state index is -0.523. The number of aromatic nitrogens is 2. The van der Waals surface area contributed by atoms with E-state index in [0.717, 1.165) is 93.3 Å². The molecule has 1 N–H and O–H groups in total. The standard InChI is InChI=1S/C42H43N5O4/c1-42(2,3)51-41(49)46-19-7-11-37(46)36-24-33(25-43-36)31-16-15-28-21-30(14-13-29(28)22-31)32-17-18-34-35(23-32)45-39(44-34)38-12-8-20-47(38)40(48)50-26-27-9-5-4-6-10-27/h4-6,9-10,13-18,21-23,25,37-38H,7-8,11-12,19-20,24,26H2,1-3H3,(H,44,45)/t37-,38-/m0/s1. The fraction of sp³-hybridized carbons (Fsp3) is 0.333. The molecule has 2 saturated heterocycles. The Hall–Kier alpha value is -5.44. The van der Waals surface area contributed by atoms with Crippen LogP contribution in [0.4, 0.5) is 9.59 Å². The first kappa shape index (κ1) is 32.7. The largest absolute Gasteiger partial charge is 0.445 e. The van der Waals surface area contributed by atoms with Gasteiger partial charge in [-0.3, -0.25) is 14.8 Å². The van der Waals surface area contributed by atoms with Gasteiger partial charge in [0.25, 0.3) is 0 Å². The van der Waals surface area contributed by atoms with Crippen LogP contribution in [0.3, 0.4) is 0 Å². The average molecular weight is 682 g/mol. The number of carbonyl (C=O) groups is 2. The van der Waals surface area contributed by atoms with Crippen molar-refractivity contribution in [2.45, 2.75) is 77.2 Å². The van der Waals surface area contributed by atoms with Gasteiger partial charge in [0.2, 0.25) is 0 Å². The number of aliphatic imine (C=N–C) groups is 1. The summed E-state index contributed by atoms with van der Waals surface area (Å²) in [4.78, 5) is 42.8. The number of benzene rings is 4. The molecule has 260 valence electrons. The number of imidazole rings is 1. The summed E-state index contributed by atoms with van der Waals surface area (Å²) in [5.41, 5.74) is 7.82. The molecule has 0 unspecified atom stereocenters. The minimum absolute atomic E-state index is 0.0153. The number of nitrogens with zero attached hydrogens (tertiary/aromatic N) is 4. The van der Waals surface area contributed by atoms with Crippen LogP contribution in [-0.2, 0) is 16.1 Å². The van der Waals surface area contributed by atoms with Crippen LogP contribution >= 0.6 is 0 Å². The van der Waals surface area contributed by atoms with E-state index in [4.69, 9.17) is 19.5 Å². The van der Waals surface area contributed by atoms with E-state index in [2.05, 4.69) is 53.5 Å². The summed E-state index contributed by atoms with van der Waals surface area (Å²) >= 11 is 0. The van der Waals surface area contributed by atoms with Crippen molar-refractivity contribution in [1.82, 2.24) is 19.8 Å². The summed E-state index contributed by atoms with van der Waals surface area (Å²) in [6.07, 6.45) is 5.74. The normalized spacial score (nSPS) is 19.1. The van der Waals surface area contributed by atoms with Gasteiger partial charge in [-0.2, -0.15) is 0 Å². The number of nitrogens with one attached hydrogen (secondary N) is 1. The Morgan fingerprint density at radius 2 is 1.47 bits per heavy atom. The van der Waals surface area contributed by atoms with Crippen LogP contribution in [0.1, 0.15) is 75.9 Å². The van der Waals surface area contributed by atoms with Crippen molar-refractivity contribution in [1.29, 1.82) is 0 Å². The van der Waals surface area contributed by atoms with Crippen molar-refractivity contribution in [2.75, 3.05) is 13.1 Å². The number of amides is 2. The maximum Gasteiger partial charge on any atom is 0.410 e. The van der Waals surface area contributed by atoms with E-state index in [0.29, 0.717) is 13.1 Å². The number of hydrogen-bond donors (Lipinski definition) is 1. The molecule has 9 heteroatoms. The van der Waals surface area contributed by atoms with Gasteiger partial charge < -0.3 is 14.5 Å². The molecule has 9 nitrogen and oxygen atoms in total. The fourth-order valence-electron chi connectivity index (χ4n) is 7.54. The molecule has 8 rings (SSSR count). The Bertz CT molecular complexity index is 2180. The van der Waals surface area contributed by atoms with Crippen LogP contribution < -0.4 is 0 Å². The summed E-state index contributed by atoms with van der Waals surface area (Å²) in [6.45, 7) is 7.31. The lowest BCUT2D eigenvalue weighted by atomic mass is 9.95. The third-order valence-corrected chi connectivity index (χ3v) is 10.1. The first-order chi connectivity index (χ1) is 24.7.